The van der Waals surface area contributed by atoms with Gasteiger partial charge >= 0.3 is 5.97 Å². The van der Waals surface area contributed by atoms with E-state index in [4.69, 9.17) is 0 Å². The van der Waals surface area contributed by atoms with E-state index >= 15 is 0 Å². The van der Waals surface area contributed by atoms with Crippen molar-refractivity contribution in [2.24, 2.45) is 5.92 Å². The first kappa shape index (κ1) is 15.0. The molecule has 0 radical (unpaired) electrons. The molecule has 0 aromatic heterocycles. The molecule has 1 N–H and O–H groups in total. The Hall–Kier alpha value is -2.10. The highest BCUT2D eigenvalue weighted by molar-refractivity contribution is 5.97. The van der Waals surface area contributed by atoms with E-state index in [1.54, 1.807) is 30.3 Å². The highest BCUT2D eigenvalue weighted by Crippen LogP contribution is 2.08. The molecule has 4 heteroatoms. The molecule has 1 atom stereocenters. The summed E-state index contributed by atoms with van der Waals surface area (Å²) in [6.07, 6.45) is 1.70. The van der Waals surface area contributed by atoms with Crippen LogP contribution in [0.3, 0.4) is 0 Å². The largest absolute Gasteiger partial charge is 0.467 e. The van der Waals surface area contributed by atoms with Crippen LogP contribution < -0.4 is 5.32 Å². The maximum atomic E-state index is 12.0. The molecule has 19 heavy (non-hydrogen) atoms. The van der Waals surface area contributed by atoms with Crippen LogP contribution in [0.2, 0.25) is 0 Å². The van der Waals surface area contributed by atoms with E-state index in [1.165, 1.54) is 7.11 Å². The van der Waals surface area contributed by atoms with Crippen molar-refractivity contribution in [3.63, 3.8) is 0 Å². The molecule has 0 bridgehead atoms. The summed E-state index contributed by atoms with van der Waals surface area (Å²) in [7, 11) is 1.31. The standard InChI is InChI=1S/C15H19NO3/c1-5-11-6-8-12(9-7-11)14(17)16-13(10(2)3)15(18)19-4/h5-10,13H,1H2,2-4H3,(H,16,17). The molecule has 102 valence electrons. The number of nitrogens with one attached hydrogen (secondary N) is 1. The number of hydrogen-bond acceptors (Lipinski definition) is 3. The fourth-order valence-electron chi connectivity index (χ4n) is 1.62. The molecule has 4 nitrogen and oxygen atoms in total. The third-order valence-corrected chi connectivity index (χ3v) is 2.82. The number of methoxy groups -OCH3 is 1. The fraction of sp³-hybridized carbons (Fsp3) is 0.333. The minimum Gasteiger partial charge on any atom is -0.467 e. The number of esters is 1. The summed E-state index contributed by atoms with van der Waals surface area (Å²) in [6, 6.07) is 6.34. The lowest BCUT2D eigenvalue weighted by atomic mass is 10.0. The van der Waals surface area contributed by atoms with Crippen LogP contribution in [0.1, 0.15) is 29.8 Å². The SMILES string of the molecule is C=Cc1ccc(C(=O)NC(C(=O)OC)C(C)C)cc1. The average Bonchev–Trinajstić information content (AvgIpc) is 2.43. The van der Waals surface area contributed by atoms with Crippen LogP contribution in [0.15, 0.2) is 30.8 Å². The minimum absolute atomic E-state index is 0.0381. The number of benzene rings is 1. The van der Waals surface area contributed by atoms with Crippen molar-refractivity contribution in [3.8, 4) is 0 Å². The Morgan fingerprint density at radius 2 is 1.84 bits per heavy atom. The Kier molecular flexibility index (Phi) is 5.30. The highest BCUT2D eigenvalue weighted by atomic mass is 16.5. The van der Waals surface area contributed by atoms with E-state index < -0.39 is 12.0 Å². The van der Waals surface area contributed by atoms with Crippen molar-refractivity contribution in [1.82, 2.24) is 5.32 Å². The highest BCUT2D eigenvalue weighted by Gasteiger charge is 2.25. The monoisotopic (exact) mass is 261 g/mol. The van der Waals surface area contributed by atoms with Gasteiger partial charge in [-0.05, 0) is 23.6 Å². The number of ether oxygens (including phenoxy) is 1. The normalized spacial score (nSPS) is 11.8. The fourth-order valence-corrected chi connectivity index (χ4v) is 1.62. The Labute approximate surface area is 113 Å². The maximum absolute atomic E-state index is 12.0. The Morgan fingerprint density at radius 1 is 1.26 bits per heavy atom. The quantitative estimate of drug-likeness (QED) is 0.827. The zero-order valence-electron chi connectivity index (χ0n) is 11.5. The van der Waals surface area contributed by atoms with Gasteiger partial charge < -0.3 is 10.1 Å². The number of hydrogen-bond donors (Lipinski definition) is 1. The maximum Gasteiger partial charge on any atom is 0.328 e. The minimum atomic E-state index is -0.642. The molecule has 0 saturated heterocycles. The molecule has 0 saturated carbocycles. The third kappa shape index (κ3) is 3.95. The Morgan fingerprint density at radius 3 is 2.26 bits per heavy atom. The molecule has 1 aromatic rings. The summed E-state index contributed by atoms with van der Waals surface area (Å²) in [5.41, 5.74) is 1.44. The summed E-state index contributed by atoms with van der Waals surface area (Å²) < 4.78 is 4.68. The van der Waals surface area contributed by atoms with E-state index in [-0.39, 0.29) is 11.8 Å². The van der Waals surface area contributed by atoms with Gasteiger partial charge in [0, 0.05) is 5.56 Å². The number of rotatable bonds is 5. The zero-order valence-corrected chi connectivity index (χ0v) is 11.5. The van der Waals surface area contributed by atoms with E-state index in [9.17, 15) is 9.59 Å². The molecule has 0 aliphatic carbocycles. The van der Waals surface area contributed by atoms with Gasteiger partial charge in [-0.1, -0.05) is 38.6 Å². The first-order valence-electron chi connectivity index (χ1n) is 6.10. The lowest BCUT2D eigenvalue weighted by molar-refractivity contribution is -0.144. The smallest absolute Gasteiger partial charge is 0.328 e. The summed E-state index contributed by atoms with van der Waals surface area (Å²) >= 11 is 0. The molecule has 0 heterocycles. The number of amides is 1. The lowest BCUT2D eigenvalue weighted by Crippen LogP contribution is -2.45. The van der Waals surface area contributed by atoms with Gasteiger partial charge in [0.05, 0.1) is 7.11 Å². The van der Waals surface area contributed by atoms with Crippen LogP contribution in [0.25, 0.3) is 6.08 Å². The molecule has 0 fully saturated rings. The van der Waals surface area contributed by atoms with Crippen molar-refractivity contribution < 1.29 is 14.3 Å². The summed E-state index contributed by atoms with van der Waals surface area (Å²) in [6.45, 7) is 7.35. The van der Waals surface area contributed by atoms with Gasteiger partial charge in [0.15, 0.2) is 0 Å². The van der Waals surface area contributed by atoms with Crippen LogP contribution >= 0.6 is 0 Å². The Bertz CT molecular complexity index is 463. The van der Waals surface area contributed by atoms with E-state index in [0.29, 0.717) is 5.56 Å². The van der Waals surface area contributed by atoms with Crippen LogP contribution in [-0.2, 0) is 9.53 Å². The Balaban J connectivity index is 2.81. The third-order valence-electron chi connectivity index (χ3n) is 2.82. The molecule has 0 spiro atoms. The molecule has 1 amide bonds. The molecule has 1 aromatic carbocycles. The van der Waals surface area contributed by atoms with E-state index in [0.717, 1.165) is 5.56 Å². The van der Waals surface area contributed by atoms with Gasteiger partial charge in [0.2, 0.25) is 0 Å². The van der Waals surface area contributed by atoms with Crippen LogP contribution in [-0.4, -0.2) is 25.0 Å². The summed E-state index contributed by atoms with van der Waals surface area (Å²) in [4.78, 5) is 23.6. The summed E-state index contributed by atoms with van der Waals surface area (Å²) in [5.74, 6) is -0.769. The first-order valence-corrected chi connectivity index (χ1v) is 6.10. The van der Waals surface area contributed by atoms with Crippen molar-refractivity contribution in [2.75, 3.05) is 7.11 Å². The van der Waals surface area contributed by atoms with Crippen molar-refractivity contribution in [2.45, 2.75) is 19.9 Å². The molecular formula is C15H19NO3. The van der Waals surface area contributed by atoms with E-state index in [2.05, 4.69) is 16.6 Å². The van der Waals surface area contributed by atoms with Crippen molar-refractivity contribution >= 4 is 18.0 Å². The van der Waals surface area contributed by atoms with Crippen molar-refractivity contribution in [1.29, 1.82) is 0 Å². The van der Waals surface area contributed by atoms with Crippen LogP contribution in [0, 0.1) is 5.92 Å². The zero-order chi connectivity index (χ0) is 14.4. The van der Waals surface area contributed by atoms with Gasteiger partial charge in [0.1, 0.15) is 6.04 Å². The lowest BCUT2D eigenvalue weighted by Gasteiger charge is -2.19. The van der Waals surface area contributed by atoms with Gasteiger partial charge in [-0.2, -0.15) is 0 Å². The van der Waals surface area contributed by atoms with Crippen LogP contribution in [0.5, 0.6) is 0 Å². The van der Waals surface area contributed by atoms with Crippen LogP contribution in [0.4, 0.5) is 0 Å². The van der Waals surface area contributed by atoms with Gasteiger partial charge in [-0.3, -0.25) is 4.79 Å². The topological polar surface area (TPSA) is 55.4 Å². The summed E-state index contributed by atoms with van der Waals surface area (Å²) in [5, 5.41) is 2.68. The molecule has 0 aliphatic heterocycles. The van der Waals surface area contributed by atoms with Gasteiger partial charge in [-0.25, -0.2) is 4.79 Å². The number of carbonyl (C=O) groups excluding carboxylic acids is 2. The second kappa shape index (κ2) is 6.73. The molecular weight excluding hydrogens is 242 g/mol. The predicted octanol–water partition coefficient (Wildman–Crippen LogP) is 2.26. The molecule has 1 unspecified atom stereocenters. The number of carbonyl (C=O) groups is 2. The average molecular weight is 261 g/mol. The van der Waals surface area contributed by atoms with Crippen molar-refractivity contribution in [3.05, 3.63) is 42.0 Å². The second-order valence-corrected chi connectivity index (χ2v) is 4.54. The molecule has 1 rings (SSSR count). The molecule has 0 aliphatic rings. The second-order valence-electron chi connectivity index (χ2n) is 4.54. The predicted molar refractivity (Wildman–Crippen MR) is 74.6 cm³/mol. The van der Waals surface area contributed by atoms with E-state index in [1.807, 2.05) is 13.8 Å². The first-order chi connectivity index (χ1) is 8.99. The van der Waals surface area contributed by atoms with Gasteiger partial charge in [0.25, 0.3) is 5.91 Å². The van der Waals surface area contributed by atoms with Gasteiger partial charge in [-0.15, -0.1) is 0 Å².